The summed E-state index contributed by atoms with van der Waals surface area (Å²) in [5, 5.41) is 21.8. The third kappa shape index (κ3) is 10.3. The van der Waals surface area contributed by atoms with Crippen molar-refractivity contribution in [1.29, 1.82) is 5.26 Å². The normalized spacial score (nSPS) is 38.7. The van der Waals surface area contributed by atoms with Crippen molar-refractivity contribution in [3.63, 3.8) is 0 Å². The highest BCUT2D eigenvalue weighted by Crippen LogP contribution is 2.56. The van der Waals surface area contributed by atoms with Crippen molar-refractivity contribution in [3.05, 3.63) is 58.6 Å². The Bertz CT molecular complexity index is 2370. The summed E-state index contributed by atoms with van der Waals surface area (Å²) >= 11 is 8.50. The second-order valence-corrected chi connectivity index (χ2v) is 27.1. The molecule has 9 unspecified atom stereocenters. The van der Waals surface area contributed by atoms with Crippen molar-refractivity contribution >= 4 is 35.0 Å². The number of fused-ring (bicyclic) bond motifs is 3. The Hall–Kier alpha value is -3.01. The van der Waals surface area contributed by atoms with Crippen molar-refractivity contribution in [1.82, 2.24) is 41.5 Å². The van der Waals surface area contributed by atoms with Gasteiger partial charge in [-0.25, -0.2) is 10.9 Å². The smallest absolute Gasteiger partial charge is 0.225 e. The fraction of sp³-hybridized carbons (Fsp3) is 0.741. The van der Waals surface area contributed by atoms with E-state index >= 15 is 0 Å². The first-order valence-electron chi connectivity index (χ1n) is 28.7. The summed E-state index contributed by atoms with van der Waals surface area (Å²) in [4.78, 5) is 28.4. The molecule has 5 N–H and O–H groups in total. The molecule has 0 radical (unpaired) electrons. The molecule has 6 aliphatic heterocycles. The molecule has 9 aliphatic rings. The third-order valence-electron chi connectivity index (χ3n) is 19.5. The van der Waals surface area contributed by atoms with E-state index in [4.69, 9.17) is 30.8 Å². The van der Waals surface area contributed by atoms with Gasteiger partial charge in [0.1, 0.15) is 36.2 Å². The number of thioether (sulfide) groups is 1. The first kappa shape index (κ1) is 53.0. The van der Waals surface area contributed by atoms with Crippen LogP contribution in [0.15, 0.2) is 47.5 Å². The highest BCUT2D eigenvalue weighted by atomic mass is 35.5. The van der Waals surface area contributed by atoms with Crippen LogP contribution in [-0.4, -0.2) is 131 Å². The first-order valence-corrected chi connectivity index (χ1v) is 30.0. The van der Waals surface area contributed by atoms with Crippen LogP contribution in [0, 0.1) is 45.3 Å². The number of nitriles is 1. The van der Waals surface area contributed by atoms with Crippen molar-refractivity contribution < 1.29 is 19.0 Å². The van der Waals surface area contributed by atoms with E-state index in [1.54, 1.807) is 12.1 Å². The number of nitrogens with one attached hydrogen (secondary N) is 5. The summed E-state index contributed by atoms with van der Waals surface area (Å²) in [6, 6.07) is 16.8. The molecule has 0 bridgehead atoms. The van der Waals surface area contributed by atoms with E-state index in [-0.39, 0.29) is 77.2 Å². The number of benzene rings is 2. The minimum Gasteiger partial charge on any atom is -0.490 e. The van der Waals surface area contributed by atoms with Crippen LogP contribution in [0.3, 0.4) is 0 Å². The molecule has 74 heavy (non-hydrogen) atoms. The Morgan fingerprint density at radius 3 is 2.43 bits per heavy atom. The van der Waals surface area contributed by atoms with Crippen LogP contribution in [0.4, 0.5) is 0 Å². The molecule has 2 aromatic carbocycles. The van der Waals surface area contributed by atoms with Gasteiger partial charge in [-0.15, -0.1) is 11.8 Å². The SMILES string of the molecule is CC1SC2C(C(c3ccc(O[C@@H]4CC[C@@]5(CCCN(C6NCC(C(=O)NC7C(C)(C)C(Oc8ccc(C#N)c(Cl)c8)C7(C)C)CN6C6CCCCCCC6)C5)C4)cc3)=N[C@@H](CC3NCCO3)C3NNC(C)N23)C1C. The Kier molecular flexibility index (Phi) is 15.5. The Morgan fingerprint density at radius 2 is 1.70 bits per heavy atom. The molecule has 6 heterocycles. The summed E-state index contributed by atoms with van der Waals surface area (Å²) in [7, 11) is 0. The van der Waals surface area contributed by atoms with Crippen LogP contribution >= 0.6 is 23.4 Å². The van der Waals surface area contributed by atoms with Gasteiger partial charge in [0.2, 0.25) is 5.91 Å². The summed E-state index contributed by atoms with van der Waals surface area (Å²) in [6.45, 7) is 21.0. The number of nitrogens with zero attached hydrogens (tertiary/aromatic N) is 5. The third-order valence-corrected chi connectivity index (χ3v) is 21.5. The Labute approximate surface area is 450 Å². The van der Waals surface area contributed by atoms with E-state index in [2.05, 4.69) is 132 Å². The van der Waals surface area contributed by atoms with Crippen LogP contribution in [0.25, 0.3) is 0 Å². The maximum absolute atomic E-state index is 14.6. The number of hydrogen-bond acceptors (Lipinski definition) is 14. The minimum atomic E-state index is -0.322. The van der Waals surface area contributed by atoms with Crippen LogP contribution in [0.1, 0.15) is 143 Å². The lowest BCUT2D eigenvalue weighted by atomic mass is 9.49. The number of hydrogen-bond donors (Lipinski definition) is 5. The maximum atomic E-state index is 14.6. The average Bonchev–Trinajstić information content (AvgIpc) is 4.19. The lowest BCUT2D eigenvalue weighted by Gasteiger charge is -2.63. The molecule has 1 spiro atoms. The monoisotopic (exact) mass is 1050 g/mol. The molecule has 5 saturated heterocycles. The number of piperidine rings is 1. The summed E-state index contributed by atoms with van der Waals surface area (Å²) in [5.41, 5.74) is 9.64. The predicted octanol–water partition coefficient (Wildman–Crippen LogP) is 8.44. The number of amides is 1. The zero-order chi connectivity index (χ0) is 51.5. The number of halogens is 1. The lowest BCUT2D eigenvalue weighted by Crippen LogP contribution is -2.76. The second-order valence-electron chi connectivity index (χ2n) is 25.2. The number of carbonyl (C=O) groups excluding carboxylic acids is 1. The van der Waals surface area contributed by atoms with Gasteiger partial charge >= 0.3 is 0 Å². The van der Waals surface area contributed by atoms with Gasteiger partial charge in [-0.1, -0.05) is 85.2 Å². The topological polar surface area (TPSA) is 151 Å². The lowest BCUT2D eigenvalue weighted by molar-refractivity contribution is -0.176. The van der Waals surface area contributed by atoms with E-state index in [1.165, 1.54) is 75.5 Å². The number of rotatable bonds is 11. The molecule has 1 amide bonds. The Morgan fingerprint density at radius 1 is 0.946 bits per heavy atom. The van der Waals surface area contributed by atoms with Gasteiger partial charge in [0.05, 0.1) is 53.0 Å². The van der Waals surface area contributed by atoms with Crippen molar-refractivity contribution in [2.75, 3.05) is 39.3 Å². The van der Waals surface area contributed by atoms with E-state index in [0.29, 0.717) is 51.4 Å². The van der Waals surface area contributed by atoms with Gasteiger partial charge in [0.25, 0.3) is 0 Å². The van der Waals surface area contributed by atoms with Gasteiger partial charge in [0, 0.05) is 85.0 Å². The summed E-state index contributed by atoms with van der Waals surface area (Å²) in [6.07, 6.45) is 15.8. The average molecular weight is 1050 g/mol. The van der Waals surface area contributed by atoms with Crippen LogP contribution in [0.2, 0.25) is 5.02 Å². The molecule has 11 rings (SSSR count). The number of hydrazine groups is 1. The standard InChI is InChI=1S/C58H85ClN10O4S/c1-35-36(2)74-52-48(35)49(63-46(29-47-61-25-27-71-47)50-66-65-37(3)69(50)52)38-16-19-42(20-17-38)72-44-22-24-58(30-44)23-13-26-67(34-58)55-62-32-40(33-68(55)41-14-11-9-8-10-12-15-41)51(70)64-53-56(4,5)54(57(53,6)7)73-43-21-18-39(31-60)45(59)28-43/h16-21,28,35-37,40-41,44,46-48,50,52-55,61-62,65-66H,8-15,22-27,29-30,32-34H2,1-7H3,(H,64,70)/t35?,36?,37?,40?,44-,46+,47?,48?,50?,52?,53?,54?,55?,58+/m1/s1. The van der Waals surface area contributed by atoms with E-state index < -0.39 is 0 Å². The second kappa shape index (κ2) is 21.7. The first-order chi connectivity index (χ1) is 35.6. The molecule has 3 saturated carbocycles. The number of aliphatic imine (C=N–C) groups is 1. The number of carbonyl (C=O) groups is 1. The van der Waals surface area contributed by atoms with Crippen LogP contribution < -0.4 is 36.3 Å². The maximum Gasteiger partial charge on any atom is 0.225 e. The molecule has 12 atom stereocenters. The molecule has 14 nitrogen and oxygen atoms in total. The van der Waals surface area contributed by atoms with Gasteiger partial charge in [-0.3, -0.25) is 35.1 Å². The van der Waals surface area contributed by atoms with Gasteiger partial charge in [0.15, 0.2) is 0 Å². The van der Waals surface area contributed by atoms with Gasteiger partial charge in [-0.2, -0.15) is 5.26 Å². The molecule has 0 aromatic heterocycles. The number of likely N-dealkylation sites (tertiary alicyclic amines) is 1. The van der Waals surface area contributed by atoms with Crippen molar-refractivity contribution in [2.45, 2.75) is 198 Å². The Balaban J connectivity index is 0.750. The highest BCUT2D eigenvalue weighted by molar-refractivity contribution is 8.00. The molecule has 404 valence electrons. The fourth-order valence-corrected chi connectivity index (χ4v) is 17.8. The highest BCUT2D eigenvalue weighted by Gasteiger charge is 2.64. The molecular weight excluding hydrogens is 968 g/mol. The van der Waals surface area contributed by atoms with Crippen LogP contribution in [-0.2, 0) is 9.53 Å². The zero-order valence-corrected chi connectivity index (χ0v) is 46.8. The van der Waals surface area contributed by atoms with Crippen LogP contribution in [0.5, 0.6) is 11.5 Å². The molecule has 8 fully saturated rings. The molecule has 16 heteroatoms. The quantitative estimate of drug-likeness (QED) is 0.147. The molecular formula is C58H85ClN10O4S. The van der Waals surface area contributed by atoms with Gasteiger partial charge in [-0.05, 0) is 105 Å². The fourth-order valence-electron chi connectivity index (χ4n) is 15.8. The molecule has 2 aromatic rings. The molecule has 3 aliphatic carbocycles. The zero-order valence-electron chi connectivity index (χ0n) is 45.2. The predicted molar refractivity (Wildman–Crippen MR) is 294 cm³/mol. The number of ether oxygens (including phenoxy) is 3. The van der Waals surface area contributed by atoms with Gasteiger partial charge < -0.3 is 19.5 Å². The van der Waals surface area contributed by atoms with E-state index in [0.717, 1.165) is 57.8 Å². The summed E-state index contributed by atoms with van der Waals surface area (Å²) in [5.74, 6) is 2.37. The van der Waals surface area contributed by atoms with Crippen molar-refractivity contribution in [3.8, 4) is 17.6 Å². The van der Waals surface area contributed by atoms with Crippen molar-refractivity contribution in [2.24, 2.45) is 39.0 Å². The largest absolute Gasteiger partial charge is 0.490 e. The van der Waals surface area contributed by atoms with E-state index in [1.807, 2.05) is 6.07 Å². The minimum absolute atomic E-state index is 0.0159. The summed E-state index contributed by atoms with van der Waals surface area (Å²) < 4.78 is 19.6. The van der Waals surface area contributed by atoms with E-state index in [9.17, 15) is 10.1 Å².